The number of hydrogen-bond donors (Lipinski definition) is 3. The molecule has 8 heteroatoms. The molecule has 3 N–H and O–H groups in total. The number of thiazole rings is 1. The van der Waals surface area contributed by atoms with Crippen LogP contribution in [-0.2, 0) is 6.54 Å². The van der Waals surface area contributed by atoms with E-state index in [2.05, 4.69) is 32.7 Å². The summed E-state index contributed by atoms with van der Waals surface area (Å²) < 4.78 is 1.19. The molecule has 2 heterocycles. The summed E-state index contributed by atoms with van der Waals surface area (Å²) in [6.45, 7) is 1.03. The number of rotatable bonds is 5. The zero-order valence-corrected chi connectivity index (χ0v) is 17.1. The number of aromatic nitrogens is 1. The van der Waals surface area contributed by atoms with Crippen molar-refractivity contribution in [2.24, 2.45) is 4.99 Å². The van der Waals surface area contributed by atoms with E-state index in [1.165, 1.54) is 4.70 Å². The molecule has 2 aromatic heterocycles. The molecular weight excluding hydrogens is 455 g/mol. The van der Waals surface area contributed by atoms with Crippen molar-refractivity contribution >= 4 is 62.7 Å². The van der Waals surface area contributed by atoms with Crippen LogP contribution in [0.1, 0.15) is 16.0 Å². The monoisotopic (exact) mass is 474 g/mol. The van der Waals surface area contributed by atoms with Crippen LogP contribution < -0.4 is 10.6 Å². The van der Waals surface area contributed by atoms with E-state index < -0.39 is 6.10 Å². The number of fused-ring (bicyclic) bond motifs is 1. The predicted octanol–water partition coefficient (Wildman–Crippen LogP) is 3.37. The van der Waals surface area contributed by atoms with Crippen LogP contribution in [0.3, 0.4) is 0 Å². The fraction of sp³-hybridized carbons (Fsp3) is 0.250. The Morgan fingerprint density at radius 1 is 1.33 bits per heavy atom. The third-order valence-corrected chi connectivity index (χ3v) is 5.35. The van der Waals surface area contributed by atoms with Crippen LogP contribution in [0.4, 0.5) is 0 Å². The van der Waals surface area contributed by atoms with Crippen molar-refractivity contribution in [1.29, 1.82) is 0 Å². The molecule has 1 unspecified atom stereocenters. The van der Waals surface area contributed by atoms with E-state index in [4.69, 9.17) is 0 Å². The van der Waals surface area contributed by atoms with Crippen molar-refractivity contribution < 1.29 is 5.11 Å². The largest absolute Gasteiger partial charge is 0.386 e. The van der Waals surface area contributed by atoms with E-state index in [0.717, 1.165) is 15.3 Å². The lowest BCUT2D eigenvalue weighted by molar-refractivity contribution is 0.184. The number of aliphatic hydroxyl groups is 1. The molecule has 0 aliphatic rings. The average molecular weight is 474 g/mol. The van der Waals surface area contributed by atoms with Gasteiger partial charge in [0.25, 0.3) is 0 Å². The number of aliphatic imine (C=N–C) groups is 1. The van der Waals surface area contributed by atoms with Gasteiger partial charge in [-0.15, -0.1) is 46.7 Å². The Kier molecular flexibility index (Phi) is 7.40. The van der Waals surface area contributed by atoms with Gasteiger partial charge in [-0.05, 0) is 17.5 Å². The van der Waals surface area contributed by atoms with Crippen LogP contribution in [0.25, 0.3) is 10.1 Å². The molecule has 128 valence electrons. The quantitative estimate of drug-likeness (QED) is 0.301. The summed E-state index contributed by atoms with van der Waals surface area (Å²) in [5.41, 5.74) is 0. The first-order valence-electron chi connectivity index (χ1n) is 7.25. The van der Waals surface area contributed by atoms with Crippen LogP contribution >= 0.6 is 46.7 Å². The zero-order chi connectivity index (χ0) is 16.1. The predicted molar refractivity (Wildman–Crippen MR) is 113 cm³/mol. The first kappa shape index (κ1) is 19.1. The molecule has 1 aromatic carbocycles. The molecule has 1 atom stereocenters. The summed E-state index contributed by atoms with van der Waals surface area (Å²) in [6, 6.07) is 10.2. The standard InChI is InChI=1S/C16H18N4OS2.HI/c1-17-16(20-10-15-18-6-7-22-15)19-9-12(21)14-8-11-4-2-3-5-13(11)23-14;/h2-8,12,21H,9-10H2,1H3,(H2,17,19,20);1H. The Bertz CT molecular complexity index is 755. The van der Waals surface area contributed by atoms with Crippen molar-refractivity contribution in [3.05, 3.63) is 51.8 Å². The average Bonchev–Trinajstić information content (AvgIpc) is 3.23. The molecule has 0 bridgehead atoms. The maximum Gasteiger partial charge on any atom is 0.191 e. The van der Waals surface area contributed by atoms with Gasteiger partial charge in [0.2, 0.25) is 0 Å². The van der Waals surface area contributed by atoms with Crippen molar-refractivity contribution in [3.63, 3.8) is 0 Å². The Labute approximate surface area is 165 Å². The summed E-state index contributed by atoms with van der Waals surface area (Å²) in [6.07, 6.45) is 1.22. The molecule has 0 aliphatic heterocycles. The second-order valence-corrected chi connectivity index (χ2v) is 7.03. The lowest BCUT2D eigenvalue weighted by atomic mass is 10.2. The Morgan fingerprint density at radius 2 is 2.17 bits per heavy atom. The van der Waals surface area contributed by atoms with Crippen LogP contribution in [0.15, 0.2) is 46.9 Å². The highest BCUT2D eigenvalue weighted by atomic mass is 127. The SMILES string of the molecule is CN=C(NCc1nccs1)NCC(O)c1cc2ccccc2s1.I. The molecule has 5 nitrogen and oxygen atoms in total. The topological polar surface area (TPSA) is 69.5 Å². The number of hydrogen-bond acceptors (Lipinski definition) is 5. The molecule has 0 fully saturated rings. The highest BCUT2D eigenvalue weighted by molar-refractivity contribution is 14.0. The molecule has 0 saturated carbocycles. The summed E-state index contributed by atoms with van der Waals surface area (Å²) >= 11 is 3.21. The first-order valence-corrected chi connectivity index (χ1v) is 8.95. The van der Waals surface area contributed by atoms with Gasteiger partial charge in [-0.2, -0.15) is 0 Å². The zero-order valence-electron chi connectivity index (χ0n) is 13.1. The van der Waals surface area contributed by atoms with Gasteiger partial charge in [0.15, 0.2) is 5.96 Å². The summed E-state index contributed by atoms with van der Waals surface area (Å²) in [5.74, 6) is 0.653. The first-order chi connectivity index (χ1) is 11.3. The third-order valence-electron chi connectivity index (χ3n) is 3.35. The van der Waals surface area contributed by atoms with Crippen LogP contribution in [0.5, 0.6) is 0 Å². The molecule has 0 saturated heterocycles. The molecule has 3 rings (SSSR count). The van der Waals surface area contributed by atoms with Gasteiger partial charge in [0, 0.05) is 34.7 Å². The smallest absolute Gasteiger partial charge is 0.191 e. The molecular formula is C16H19IN4OS2. The minimum absolute atomic E-state index is 0. The van der Waals surface area contributed by atoms with E-state index in [1.54, 1.807) is 35.9 Å². The van der Waals surface area contributed by atoms with Crippen molar-refractivity contribution in [1.82, 2.24) is 15.6 Å². The summed E-state index contributed by atoms with van der Waals surface area (Å²) in [4.78, 5) is 9.33. The van der Waals surface area contributed by atoms with E-state index in [-0.39, 0.29) is 24.0 Å². The maximum atomic E-state index is 10.4. The lowest BCUT2D eigenvalue weighted by Crippen LogP contribution is -2.38. The number of nitrogens with one attached hydrogen (secondary N) is 2. The number of thiophene rings is 1. The molecule has 3 aromatic rings. The maximum absolute atomic E-state index is 10.4. The summed E-state index contributed by atoms with van der Waals surface area (Å²) in [5, 5.41) is 20.8. The Morgan fingerprint density at radius 3 is 2.88 bits per heavy atom. The molecule has 0 aliphatic carbocycles. The minimum Gasteiger partial charge on any atom is -0.386 e. The highest BCUT2D eigenvalue weighted by Crippen LogP contribution is 2.29. The van der Waals surface area contributed by atoms with Gasteiger partial charge >= 0.3 is 0 Å². The fourth-order valence-corrected chi connectivity index (χ4v) is 3.79. The normalized spacial score (nSPS) is 12.7. The third kappa shape index (κ3) is 4.88. The molecule has 0 radical (unpaired) electrons. The highest BCUT2D eigenvalue weighted by Gasteiger charge is 2.12. The number of nitrogens with zero attached hydrogens (tertiary/aromatic N) is 2. The van der Waals surface area contributed by atoms with Crippen LogP contribution in [0, 0.1) is 0 Å². The van der Waals surface area contributed by atoms with E-state index in [1.807, 2.05) is 23.6 Å². The second kappa shape index (κ2) is 9.30. The van der Waals surface area contributed by atoms with Crippen LogP contribution in [0.2, 0.25) is 0 Å². The van der Waals surface area contributed by atoms with Crippen molar-refractivity contribution in [2.45, 2.75) is 12.6 Å². The Balaban J connectivity index is 0.00000208. The van der Waals surface area contributed by atoms with Crippen LogP contribution in [-0.4, -0.2) is 29.6 Å². The fourth-order valence-electron chi connectivity index (χ4n) is 2.18. The summed E-state index contributed by atoms with van der Waals surface area (Å²) in [7, 11) is 1.71. The minimum atomic E-state index is -0.564. The Hall–Kier alpha value is -1.23. The van der Waals surface area contributed by atoms with E-state index in [9.17, 15) is 5.11 Å². The second-order valence-electron chi connectivity index (χ2n) is 4.93. The van der Waals surface area contributed by atoms with Gasteiger partial charge in [-0.3, -0.25) is 4.99 Å². The number of guanidine groups is 1. The number of benzene rings is 1. The number of aliphatic hydroxyl groups excluding tert-OH is 1. The molecule has 0 amide bonds. The van der Waals surface area contributed by atoms with Crippen molar-refractivity contribution in [2.75, 3.05) is 13.6 Å². The van der Waals surface area contributed by atoms with Gasteiger partial charge < -0.3 is 15.7 Å². The lowest BCUT2D eigenvalue weighted by Gasteiger charge is -2.14. The van der Waals surface area contributed by atoms with Gasteiger partial charge in [-0.25, -0.2) is 4.98 Å². The van der Waals surface area contributed by atoms with E-state index >= 15 is 0 Å². The van der Waals surface area contributed by atoms with Crippen molar-refractivity contribution in [3.8, 4) is 0 Å². The molecule has 0 spiro atoms. The van der Waals surface area contributed by atoms with E-state index in [0.29, 0.717) is 19.0 Å². The van der Waals surface area contributed by atoms with Gasteiger partial charge in [-0.1, -0.05) is 18.2 Å². The molecule has 24 heavy (non-hydrogen) atoms. The van der Waals surface area contributed by atoms with Gasteiger partial charge in [0.05, 0.1) is 6.54 Å². The number of halogens is 1. The van der Waals surface area contributed by atoms with Gasteiger partial charge in [0.1, 0.15) is 11.1 Å².